The quantitative estimate of drug-likeness (QED) is 0.504. The number of benzene rings is 1. The topological polar surface area (TPSA) is 0 Å². The third kappa shape index (κ3) is 4.79. The zero-order valence-corrected chi connectivity index (χ0v) is 14.9. The van der Waals surface area contributed by atoms with E-state index in [1.807, 2.05) is 12.1 Å². The van der Waals surface area contributed by atoms with Gasteiger partial charge in [-0.1, -0.05) is 61.9 Å². The Hall–Kier alpha value is -0.410. The number of alkyl halides is 3. The van der Waals surface area contributed by atoms with Crippen molar-refractivity contribution in [2.24, 2.45) is 5.92 Å². The van der Waals surface area contributed by atoms with Crippen LogP contribution in [0.4, 0.5) is 13.2 Å². The van der Waals surface area contributed by atoms with Crippen molar-refractivity contribution in [2.45, 2.75) is 69.9 Å². The van der Waals surface area contributed by atoms with Gasteiger partial charge in [0.15, 0.2) is 0 Å². The van der Waals surface area contributed by atoms with Gasteiger partial charge in [-0.25, -0.2) is 0 Å². The summed E-state index contributed by atoms with van der Waals surface area (Å²) in [6, 6.07) is 5.70. The van der Waals surface area contributed by atoms with Crippen molar-refractivity contribution >= 4 is 23.2 Å². The summed E-state index contributed by atoms with van der Waals surface area (Å²) in [5.41, 5.74) is 1.09. The van der Waals surface area contributed by atoms with E-state index >= 15 is 0 Å². The summed E-state index contributed by atoms with van der Waals surface area (Å²) < 4.78 is 38.1. The minimum atomic E-state index is -4.09. The molecule has 1 atom stereocenters. The SMILES string of the molecule is CC(CCCC1(c2ccc(Cl)c(Cl)c2)CCCCC1)C(F)(F)F. The normalized spacial score (nSPS) is 19.6. The molecule has 1 aromatic rings. The number of rotatable bonds is 5. The zero-order valence-electron chi connectivity index (χ0n) is 13.4. The second-order valence-corrected chi connectivity index (χ2v) is 7.62. The molecule has 2 rings (SSSR count). The Bertz CT molecular complexity index is 519. The lowest BCUT2D eigenvalue weighted by Crippen LogP contribution is -2.29. The zero-order chi connectivity index (χ0) is 17.1. The van der Waals surface area contributed by atoms with Crippen LogP contribution in [0.1, 0.15) is 63.9 Å². The molecule has 0 spiro atoms. The molecule has 23 heavy (non-hydrogen) atoms. The number of halogens is 5. The van der Waals surface area contributed by atoms with Gasteiger partial charge in [0.05, 0.1) is 16.0 Å². The van der Waals surface area contributed by atoms with Gasteiger partial charge in [0.2, 0.25) is 0 Å². The molecule has 0 aromatic heterocycles. The highest BCUT2D eigenvalue weighted by Gasteiger charge is 2.37. The Balaban J connectivity index is 2.11. The summed E-state index contributed by atoms with van der Waals surface area (Å²) in [5.74, 6) is -1.24. The van der Waals surface area contributed by atoms with E-state index in [2.05, 4.69) is 0 Å². The summed E-state index contributed by atoms with van der Waals surface area (Å²) >= 11 is 12.2. The van der Waals surface area contributed by atoms with Crippen molar-refractivity contribution in [3.8, 4) is 0 Å². The van der Waals surface area contributed by atoms with E-state index in [-0.39, 0.29) is 11.8 Å². The van der Waals surface area contributed by atoms with E-state index in [0.717, 1.165) is 37.7 Å². The highest BCUT2D eigenvalue weighted by atomic mass is 35.5. The Morgan fingerprint density at radius 3 is 2.30 bits per heavy atom. The third-order valence-electron chi connectivity index (χ3n) is 5.19. The fourth-order valence-corrected chi connectivity index (χ4v) is 3.95. The van der Waals surface area contributed by atoms with Crippen molar-refractivity contribution in [1.29, 1.82) is 0 Å². The lowest BCUT2D eigenvalue weighted by Gasteiger charge is -2.38. The van der Waals surface area contributed by atoms with Crippen LogP contribution in [-0.4, -0.2) is 6.18 Å². The third-order valence-corrected chi connectivity index (χ3v) is 5.93. The van der Waals surface area contributed by atoms with Gasteiger partial charge < -0.3 is 0 Å². The molecule has 5 heteroatoms. The average Bonchev–Trinajstić information content (AvgIpc) is 2.50. The van der Waals surface area contributed by atoms with Crippen LogP contribution in [0, 0.1) is 5.92 Å². The maximum absolute atomic E-state index is 12.7. The monoisotopic (exact) mass is 366 g/mol. The van der Waals surface area contributed by atoms with Gasteiger partial charge in [-0.3, -0.25) is 0 Å². The van der Waals surface area contributed by atoms with Gasteiger partial charge in [-0.15, -0.1) is 0 Å². The maximum Gasteiger partial charge on any atom is 0.391 e. The molecule has 0 saturated heterocycles. The number of hydrogen-bond acceptors (Lipinski definition) is 0. The lowest BCUT2D eigenvalue weighted by molar-refractivity contribution is -0.171. The van der Waals surface area contributed by atoms with E-state index in [0.29, 0.717) is 16.5 Å². The van der Waals surface area contributed by atoms with Gasteiger partial charge >= 0.3 is 6.18 Å². The highest BCUT2D eigenvalue weighted by molar-refractivity contribution is 6.42. The molecule has 130 valence electrons. The van der Waals surface area contributed by atoms with E-state index in [9.17, 15) is 13.2 Å². The first-order valence-corrected chi connectivity index (χ1v) is 9.02. The van der Waals surface area contributed by atoms with E-state index < -0.39 is 12.1 Å². The van der Waals surface area contributed by atoms with Crippen molar-refractivity contribution < 1.29 is 13.2 Å². The standard InChI is InChI=1S/C18H23Cl2F3/c1-13(18(21,22)23)6-5-11-17(9-3-2-4-10-17)14-7-8-15(19)16(20)12-14/h7-8,12-13H,2-6,9-11H2,1H3. The Morgan fingerprint density at radius 1 is 1.09 bits per heavy atom. The van der Waals surface area contributed by atoms with Crippen LogP contribution in [0.3, 0.4) is 0 Å². The van der Waals surface area contributed by atoms with E-state index in [1.165, 1.54) is 13.3 Å². The van der Waals surface area contributed by atoms with Crippen LogP contribution in [0.5, 0.6) is 0 Å². The Morgan fingerprint density at radius 2 is 1.74 bits per heavy atom. The maximum atomic E-state index is 12.7. The van der Waals surface area contributed by atoms with Gasteiger partial charge in [-0.05, 0) is 48.8 Å². The van der Waals surface area contributed by atoms with Crippen LogP contribution in [0.25, 0.3) is 0 Å². The minimum absolute atomic E-state index is 0.0439. The lowest BCUT2D eigenvalue weighted by atomic mass is 9.66. The molecule has 0 heterocycles. The van der Waals surface area contributed by atoms with Gasteiger partial charge in [-0.2, -0.15) is 13.2 Å². The van der Waals surface area contributed by atoms with Gasteiger partial charge in [0.25, 0.3) is 0 Å². The molecule has 0 bridgehead atoms. The summed E-state index contributed by atoms with van der Waals surface area (Å²) in [5, 5.41) is 1.05. The molecule has 1 aliphatic carbocycles. The molecular formula is C18H23Cl2F3. The fraction of sp³-hybridized carbons (Fsp3) is 0.667. The van der Waals surface area contributed by atoms with Crippen LogP contribution >= 0.6 is 23.2 Å². The first-order chi connectivity index (χ1) is 10.7. The Kier molecular flexibility index (Phi) is 6.29. The highest BCUT2D eigenvalue weighted by Crippen LogP contribution is 2.45. The van der Waals surface area contributed by atoms with E-state index in [1.54, 1.807) is 6.07 Å². The molecule has 1 aromatic carbocycles. The molecule has 0 N–H and O–H groups in total. The molecule has 1 aliphatic rings. The fourth-order valence-electron chi connectivity index (χ4n) is 3.65. The van der Waals surface area contributed by atoms with Crippen molar-refractivity contribution in [2.75, 3.05) is 0 Å². The summed E-state index contributed by atoms with van der Waals surface area (Å²) in [6.07, 6.45) is 2.94. The van der Waals surface area contributed by atoms with E-state index in [4.69, 9.17) is 23.2 Å². The largest absolute Gasteiger partial charge is 0.391 e. The number of hydrogen-bond donors (Lipinski definition) is 0. The summed E-state index contributed by atoms with van der Waals surface area (Å²) in [6.45, 7) is 1.27. The van der Waals surface area contributed by atoms with Crippen molar-refractivity contribution in [1.82, 2.24) is 0 Å². The minimum Gasteiger partial charge on any atom is -0.171 e. The van der Waals surface area contributed by atoms with Crippen LogP contribution < -0.4 is 0 Å². The predicted molar refractivity (Wildman–Crippen MR) is 90.3 cm³/mol. The van der Waals surface area contributed by atoms with Crippen LogP contribution in [0.2, 0.25) is 10.0 Å². The first kappa shape index (κ1) is 18.9. The molecule has 0 nitrogen and oxygen atoms in total. The molecule has 0 aliphatic heterocycles. The predicted octanol–water partition coefficient (Wildman–Crippen LogP) is 7.56. The smallest absolute Gasteiger partial charge is 0.171 e. The summed E-state index contributed by atoms with van der Waals surface area (Å²) in [7, 11) is 0. The van der Waals surface area contributed by atoms with Crippen molar-refractivity contribution in [3.05, 3.63) is 33.8 Å². The Labute approximate surface area is 146 Å². The average molecular weight is 367 g/mol. The second kappa shape index (κ2) is 7.65. The molecule has 1 saturated carbocycles. The molecular weight excluding hydrogens is 344 g/mol. The molecule has 0 radical (unpaired) electrons. The molecule has 0 amide bonds. The van der Waals surface area contributed by atoms with Gasteiger partial charge in [0.1, 0.15) is 0 Å². The van der Waals surface area contributed by atoms with Gasteiger partial charge in [0, 0.05) is 0 Å². The summed E-state index contributed by atoms with van der Waals surface area (Å²) in [4.78, 5) is 0. The first-order valence-electron chi connectivity index (χ1n) is 8.27. The second-order valence-electron chi connectivity index (χ2n) is 6.80. The molecule has 1 unspecified atom stereocenters. The molecule has 1 fully saturated rings. The van der Waals surface area contributed by atoms with Crippen LogP contribution in [-0.2, 0) is 5.41 Å². The van der Waals surface area contributed by atoms with Crippen molar-refractivity contribution in [3.63, 3.8) is 0 Å². The van der Waals surface area contributed by atoms with Crippen LogP contribution in [0.15, 0.2) is 18.2 Å².